The molecule has 0 aliphatic heterocycles. The molecule has 0 saturated heterocycles. The summed E-state index contributed by atoms with van der Waals surface area (Å²) in [5.41, 5.74) is -0.808. The van der Waals surface area contributed by atoms with Gasteiger partial charge in [0, 0.05) is 0 Å². The summed E-state index contributed by atoms with van der Waals surface area (Å²) in [6.07, 6.45) is 16.4. The molecule has 1 atom stereocenters. The van der Waals surface area contributed by atoms with Crippen molar-refractivity contribution in [2.24, 2.45) is 0 Å². The maximum Gasteiger partial charge on any atom is 0.119 e. The Morgan fingerprint density at radius 1 is 0.880 bits per heavy atom. The molecule has 1 N–H and O–H groups in total. The molecule has 150 valence electrons. The summed E-state index contributed by atoms with van der Waals surface area (Å²) >= 11 is 0. The number of nitrogens with zero attached hydrogens (tertiary/aromatic N) is 1. The zero-order chi connectivity index (χ0) is 19.2. The highest BCUT2D eigenvalue weighted by atomic mass is 16.4. The van der Waals surface area contributed by atoms with E-state index in [4.69, 9.17) is 0 Å². The predicted octanol–water partition coefficient (Wildman–Crippen LogP) is 3.65. The molecule has 0 bridgehead atoms. The maximum absolute atomic E-state index is 10.8. The Hall–Kier alpha value is -0.610. The molecule has 4 nitrogen and oxygen atoms in total. The highest BCUT2D eigenvalue weighted by Gasteiger charge is 2.30. The third-order valence-corrected chi connectivity index (χ3v) is 4.89. The zero-order valence-corrected chi connectivity index (χ0v) is 17.3. The van der Waals surface area contributed by atoms with Crippen LogP contribution in [0.4, 0.5) is 0 Å². The second kappa shape index (κ2) is 13.6. The Balaban J connectivity index is 3.58. The van der Waals surface area contributed by atoms with Crippen LogP contribution in [0.2, 0.25) is 0 Å². The Bertz CT molecular complexity index is 340. The minimum Gasteiger partial charge on any atom is -0.544 e. The fourth-order valence-corrected chi connectivity index (χ4v) is 3.75. The van der Waals surface area contributed by atoms with Gasteiger partial charge in [0.15, 0.2) is 0 Å². The molecule has 0 aliphatic rings. The van der Waals surface area contributed by atoms with Gasteiger partial charge in [-0.2, -0.15) is 0 Å². The molecule has 0 aromatic heterocycles. The molecule has 0 fully saturated rings. The molecule has 0 aliphatic carbocycles. The van der Waals surface area contributed by atoms with Crippen LogP contribution in [0, 0.1) is 0 Å². The van der Waals surface area contributed by atoms with Crippen molar-refractivity contribution in [2.45, 2.75) is 103 Å². The van der Waals surface area contributed by atoms with E-state index < -0.39 is 11.6 Å². The molecule has 4 heteroatoms. The molecule has 0 heterocycles. The lowest BCUT2D eigenvalue weighted by molar-refractivity contribution is -0.891. The van der Waals surface area contributed by atoms with Gasteiger partial charge in [-0.1, -0.05) is 84.0 Å². The summed E-state index contributed by atoms with van der Waals surface area (Å²) in [6, 6.07) is 0. The van der Waals surface area contributed by atoms with Crippen molar-refractivity contribution in [3.8, 4) is 0 Å². The number of quaternary nitrogens is 1. The van der Waals surface area contributed by atoms with E-state index in [0.29, 0.717) is 6.54 Å². The summed E-state index contributed by atoms with van der Waals surface area (Å²) in [5, 5.41) is 21.3. The molecule has 0 aromatic carbocycles. The first kappa shape index (κ1) is 24.4. The molecule has 0 aromatic rings. The van der Waals surface area contributed by atoms with E-state index in [9.17, 15) is 15.0 Å². The fraction of sp³-hybridized carbons (Fsp3) is 0.952. The molecule has 0 saturated carbocycles. The number of hydrogen-bond donors (Lipinski definition) is 1. The van der Waals surface area contributed by atoms with E-state index >= 15 is 0 Å². The lowest BCUT2D eigenvalue weighted by atomic mass is 9.96. The Kier molecular flexibility index (Phi) is 13.2. The van der Waals surface area contributed by atoms with Crippen LogP contribution in [-0.2, 0) is 4.79 Å². The normalized spacial score (nSPS) is 14.4. The second-order valence-electron chi connectivity index (χ2n) is 8.76. The number of carboxylic acids is 1. The van der Waals surface area contributed by atoms with E-state index in [-0.39, 0.29) is 11.0 Å². The van der Waals surface area contributed by atoms with Crippen LogP contribution in [0.15, 0.2) is 0 Å². The first-order chi connectivity index (χ1) is 11.7. The van der Waals surface area contributed by atoms with Crippen LogP contribution in [0.3, 0.4) is 0 Å². The minimum atomic E-state index is -1.06. The van der Waals surface area contributed by atoms with Gasteiger partial charge in [0.05, 0.1) is 20.1 Å². The molecule has 1 unspecified atom stereocenters. The fourth-order valence-electron chi connectivity index (χ4n) is 3.75. The van der Waals surface area contributed by atoms with Crippen molar-refractivity contribution < 1.29 is 19.5 Å². The SMILES string of the molecule is CCCCCCCCCCCCCCC(C)(O)C[N+](C)(C)CC(=O)[O-]. The molecule has 25 heavy (non-hydrogen) atoms. The van der Waals surface area contributed by atoms with Gasteiger partial charge < -0.3 is 19.5 Å². The second-order valence-corrected chi connectivity index (χ2v) is 8.76. The number of carbonyl (C=O) groups excluding carboxylic acids is 1. The van der Waals surface area contributed by atoms with Gasteiger partial charge in [-0.25, -0.2) is 0 Å². The number of aliphatic hydroxyl groups is 1. The molecule has 0 radical (unpaired) electrons. The van der Waals surface area contributed by atoms with Crippen LogP contribution in [-0.4, -0.2) is 48.3 Å². The van der Waals surface area contributed by atoms with Gasteiger partial charge in [-0.15, -0.1) is 0 Å². The van der Waals surface area contributed by atoms with E-state index in [0.717, 1.165) is 19.3 Å². The highest BCUT2D eigenvalue weighted by Crippen LogP contribution is 2.19. The number of rotatable bonds is 17. The van der Waals surface area contributed by atoms with E-state index in [2.05, 4.69) is 6.92 Å². The topological polar surface area (TPSA) is 60.4 Å². The summed E-state index contributed by atoms with van der Waals surface area (Å²) in [5.74, 6) is -1.06. The van der Waals surface area contributed by atoms with E-state index in [1.54, 1.807) is 0 Å². The Morgan fingerprint density at radius 3 is 1.68 bits per heavy atom. The van der Waals surface area contributed by atoms with Gasteiger partial charge in [0.25, 0.3) is 0 Å². The van der Waals surface area contributed by atoms with Gasteiger partial charge >= 0.3 is 0 Å². The molecule has 0 amide bonds. The number of hydrogen-bond acceptors (Lipinski definition) is 3. The van der Waals surface area contributed by atoms with Crippen LogP contribution in [0.1, 0.15) is 97.3 Å². The van der Waals surface area contributed by atoms with Crippen molar-refractivity contribution in [2.75, 3.05) is 27.2 Å². The van der Waals surface area contributed by atoms with Crippen molar-refractivity contribution in [3.05, 3.63) is 0 Å². The maximum atomic E-state index is 10.8. The minimum absolute atomic E-state index is 0.0609. The van der Waals surface area contributed by atoms with Crippen molar-refractivity contribution >= 4 is 5.97 Å². The van der Waals surface area contributed by atoms with Gasteiger partial charge in [-0.05, 0) is 13.3 Å². The third kappa shape index (κ3) is 16.6. The molecular weight excluding hydrogens is 314 g/mol. The average molecular weight is 358 g/mol. The smallest absolute Gasteiger partial charge is 0.119 e. The molecular formula is C21H43NO3. The average Bonchev–Trinajstić information content (AvgIpc) is 2.45. The first-order valence-electron chi connectivity index (χ1n) is 10.4. The quantitative estimate of drug-likeness (QED) is 0.319. The molecule has 0 rings (SSSR count). The zero-order valence-electron chi connectivity index (χ0n) is 17.3. The first-order valence-corrected chi connectivity index (χ1v) is 10.4. The van der Waals surface area contributed by atoms with Gasteiger partial charge in [0.2, 0.25) is 0 Å². The monoisotopic (exact) mass is 357 g/mol. The predicted molar refractivity (Wildman–Crippen MR) is 103 cm³/mol. The summed E-state index contributed by atoms with van der Waals surface area (Å²) < 4.78 is 0.258. The lowest BCUT2D eigenvalue weighted by Crippen LogP contribution is -2.55. The Morgan fingerprint density at radius 2 is 1.28 bits per heavy atom. The van der Waals surface area contributed by atoms with Gasteiger partial charge in [-0.3, -0.25) is 0 Å². The molecule has 0 spiro atoms. The van der Waals surface area contributed by atoms with Crippen LogP contribution >= 0.6 is 0 Å². The highest BCUT2D eigenvalue weighted by molar-refractivity contribution is 5.65. The van der Waals surface area contributed by atoms with Crippen LogP contribution in [0.5, 0.6) is 0 Å². The lowest BCUT2D eigenvalue weighted by Gasteiger charge is -2.36. The van der Waals surface area contributed by atoms with Crippen molar-refractivity contribution in [3.63, 3.8) is 0 Å². The largest absolute Gasteiger partial charge is 0.544 e. The van der Waals surface area contributed by atoms with Crippen molar-refractivity contribution in [1.82, 2.24) is 0 Å². The summed E-state index contributed by atoms with van der Waals surface area (Å²) in [4.78, 5) is 10.8. The van der Waals surface area contributed by atoms with E-state index in [1.165, 1.54) is 64.2 Å². The Labute approximate surface area is 156 Å². The number of aliphatic carboxylic acids is 1. The summed E-state index contributed by atoms with van der Waals surface area (Å²) in [6.45, 7) is 4.46. The van der Waals surface area contributed by atoms with Crippen molar-refractivity contribution in [1.29, 1.82) is 0 Å². The number of carboxylic acid groups (broad SMARTS) is 1. The third-order valence-electron chi connectivity index (χ3n) is 4.89. The number of unbranched alkanes of at least 4 members (excludes halogenated alkanes) is 11. The van der Waals surface area contributed by atoms with Crippen LogP contribution in [0.25, 0.3) is 0 Å². The van der Waals surface area contributed by atoms with Gasteiger partial charge in [0.1, 0.15) is 18.7 Å². The summed E-state index contributed by atoms with van der Waals surface area (Å²) in [7, 11) is 3.65. The number of carbonyl (C=O) groups is 1. The van der Waals surface area contributed by atoms with Crippen LogP contribution < -0.4 is 5.11 Å². The van der Waals surface area contributed by atoms with E-state index in [1.807, 2.05) is 21.0 Å². The standard InChI is InChI=1S/C21H43NO3/c1-5-6-7-8-9-10-11-12-13-14-15-16-17-21(2,25)19-22(3,4)18-20(23)24/h25H,5-19H2,1-4H3. The number of likely N-dealkylation sites (N-methyl/N-ethyl adjacent to an activating group) is 1.